The van der Waals surface area contributed by atoms with E-state index in [4.69, 9.17) is 21.1 Å². The number of nitrogens with zero attached hydrogens (tertiary/aromatic N) is 2. The zero-order valence-corrected chi connectivity index (χ0v) is 20.2. The van der Waals surface area contributed by atoms with Crippen molar-refractivity contribution in [1.29, 1.82) is 0 Å². The lowest BCUT2D eigenvalue weighted by Crippen LogP contribution is -2.25. The largest absolute Gasteiger partial charge is 0.491 e. The van der Waals surface area contributed by atoms with E-state index in [9.17, 15) is 4.79 Å². The summed E-state index contributed by atoms with van der Waals surface area (Å²) in [7, 11) is 0. The Morgan fingerprint density at radius 3 is 2.23 bits per heavy atom. The summed E-state index contributed by atoms with van der Waals surface area (Å²) in [6.07, 6.45) is 0.0642. The van der Waals surface area contributed by atoms with Gasteiger partial charge in [-0.25, -0.2) is 9.48 Å². The normalized spacial score (nSPS) is 11.6. The fourth-order valence-electron chi connectivity index (χ4n) is 2.86. The Hall–Kier alpha value is -2.44. The molecule has 0 saturated heterocycles. The second kappa shape index (κ2) is 9.37. The van der Waals surface area contributed by atoms with Gasteiger partial charge in [0.05, 0.1) is 27.8 Å². The SMILES string of the molecule is Cc1nn(C(C)(C)C)c(OC(=O)c2ccc(OC(C)C)cc2)c1Sc1ccc(Cl)cc1. The second-order valence-corrected chi connectivity index (χ2v) is 9.96. The van der Waals surface area contributed by atoms with Crippen molar-refractivity contribution in [3.05, 3.63) is 64.8 Å². The van der Waals surface area contributed by atoms with E-state index in [2.05, 4.69) is 5.10 Å². The molecule has 3 aromatic rings. The Kier molecular flexibility index (Phi) is 7.02. The highest BCUT2D eigenvalue weighted by Gasteiger charge is 2.27. The summed E-state index contributed by atoms with van der Waals surface area (Å²) in [5.41, 5.74) is 0.866. The molecule has 1 heterocycles. The minimum atomic E-state index is -0.445. The van der Waals surface area contributed by atoms with Crippen molar-refractivity contribution in [3.8, 4) is 11.6 Å². The minimum absolute atomic E-state index is 0.0642. The molecule has 0 fully saturated rings. The fraction of sp³-hybridized carbons (Fsp3) is 0.333. The number of hydrogen-bond acceptors (Lipinski definition) is 5. The van der Waals surface area contributed by atoms with Gasteiger partial charge in [0.2, 0.25) is 5.88 Å². The molecule has 0 aliphatic rings. The number of aromatic nitrogens is 2. The number of ether oxygens (including phenoxy) is 2. The van der Waals surface area contributed by atoms with Gasteiger partial charge in [-0.1, -0.05) is 23.4 Å². The van der Waals surface area contributed by atoms with Crippen LogP contribution < -0.4 is 9.47 Å². The van der Waals surface area contributed by atoms with Crippen LogP contribution in [0.4, 0.5) is 0 Å². The third-order valence-corrected chi connectivity index (χ3v) is 5.72. The Balaban J connectivity index is 1.92. The number of esters is 1. The fourth-order valence-corrected chi connectivity index (χ4v) is 3.90. The van der Waals surface area contributed by atoms with Crippen LogP contribution in [0, 0.1) is 6.92 Å². The molecule has 0 radical (unpaired) electrons. The lowest BCUT2D eigenvalue weighted by atomic mass is 10.1. The molecule has 5 nitrogen and oxygen atoms in total. The van der Waals surface area contributed by atoms with E-state index in [0.717, 1.165) is 15.5 Å². The highest BCUT2D eigenvalue weighted by atomic mass is 35.5. The maximum atomic E-state index is 13.0. The van der Waals surface area contributed by atoms with Crippen LogP contribution in [-0.4, -0.2) is 21.9 Å². The summed E-state index contributed by atoms with van der Waals surface area (Å²) in [5, 5.41) is 5.33. The average molecular weight is 459 g/mol. The maximum absolute atomic E-state index is 13.0. The van der Waals surface area contributed by atoms with Gasteiger partial charge < -0.3 is 9.47 Å². The van der Waals surface area contributed by atoms with Crippen LogP contribution in [0.25, 0.3) is 0 Å². The third kappa shape index (κ3) is 5.83. The molecule has 0 aliphatic carbocycles. The predicted octanol–water partition coefficient (Wildman–Crippen LogP) is 6.76. The van der Waals surface area contributed by atoms with Gasteiger partial charge in [0.1, 0.15) is 5.75 Å². The number of hydrogen-bond donors (Lipinski definition) is 0. The Morgan fingerprint density at radius 1 is 1.06 bits per heavy atom. The number of carbonyl (C=O) groups is 1. The van der Waals surface area contributed by atoms with Crippen molar-refractivity contribution in [2.75, 3.05) is 0 Å². The topological polar surface area (TPSA) is 53.4 Å². The van der Waals surface area contributed by atoms with Crippen molar-refractivity contribution in [3.63, 3.8) is 0 Å². The van der Waals surface area contributed by atoms with Crippen molar-refractivity contribution < 1.29 is 14.3 Å². The summed E-state index contributed by atoms with van der Waals surface area (Å²) < 4.78 is 13.3. The van der Waals surface area contributed by atoms with Crippen LogP contribution in [0.2, 0.25) is 5.02 Å². The Bertz CT molecular complexity index is 1050. The second-order valence-electron chi connectivity index (χ2n) is 8.44. The summed E-state index contributed by atoms with van der Waals surface area (Å²) in [6, 6.07) is 14.5. The van der Waals surface area contributed by atoms with Crippen LogP contribution in [-0.2, 0) is 5.54 Å². The molecule has 0 bridgehead atoms. The number of aryl methyl sites for hydroxylation is 1. The van der Waals surface area contributed by atoms with E-state index in [1.165, 1.54) is 11.8 Å². The van der Waals surface area contributed by atoms with E-state index in [1.807, 2.05) is 65.8 Å². The summed E-state index contributed by atoms with van der Waals surface area (Å²) >= 11 is 7.51. The Labute approximate surface area is 192 Å². The quantitative estimate of drug-likeness (QED) is 0.382. The van der Waals surface area contributed by atoms with E-state index in [1.54, 1.807) is 28.9 Å². The molecule has 0 spiro atoms. The van der Waals surface area contributed by atoms with Crippen LogP contribution in [0.5, 0.6) is 11.6 Å². The number of rotatable bonds is 6. The molecule has 3 rings (SSSR count). The summed E-state index contributed by atoms with van der Waals surface area (Å²) in [4.78, 5) is 14.7. The molecule has 0 unspecified atom stereocenters. The average Bonchev–Trinajstić information content (AvgIpc) is 2.99. The number of halogens is 1. The third-order valence-electron chi connectivity index (χ3n) is 4.29. The molecule has 0 aliphatic heterocycles. The summed E-state index contributed by atoms with van der Waals surface area (Å²) in [5.74, 6) is 0.693. The van der Waals surface area contributed by atoms with Gasteiger partial charge in [-0.3, -0.25) is 0 Å². The van der Waals surface area contributed by atoms with Crippen LogP contribution in [0.1, 0.15) is 50.7 Å². The highest BCUT2D eigenvalue weighted by molar-refractivity contribution is 7.99. The first kappa shape index (κ1) is 23.2. The van der Waals surface area contributed by atoms with Gasteiger partial charge in [-0.05, 0) is 90.1 Å². The highest BCUT2D eigenvalue weighted by Crippen LogP contribution is 2.40. The monoisotopic (exact) mass is 458 g/mol. The number of benzene rings is 2. The number of carbonyl (C=O) groups excluding carboxylic acids is 1. The molecule has 0 N–H and O–H groups in total. The molecule has 1 aromatic heterocycles. The Morgan fingerprint density at radius 2 is 1.68 bits per heavy atom. The van der Waals surface area contributed by atoms with Crippen molar-refractivity contribution in [2.24, 2.45) is 0 Å². The molecule has 0 atom stereocenters. The zero-order chi connectivity index (χ0) is 22.8. The molecular weight excluding hydrogens is 432 g/mol. The smallest absolute Gasteiger partial charge is 0.344 e. The first-order valence-electron chi connectivity index (χ1n) is 10.1. The molecule has 0 amide bonds. The first-order chi connectivity index (χ1) is 14.5. The van der Waals surface area contributed by atoms with E-state index < -0.39 is 5.97 Å². The van der Waals surface area contributed by atoms with Gasteiger partial charge in [0, 0.05) is 9.92 Å². The molecule has 164 valence electrons. The van der Waals surface area contributed by atoms with Crippen LogP contribution >= 0.6 is 23.4 Å². The minimum Gasteiger partial charge on any atom is -0.491 e. The van der Waals surface area contributed by atoms with Gasteiger partial charge in [0.25, 0.3) is 0 Å². The zero-order valence-electron chi connectivity index (χ0n) is 18.6. The standard InChI is InChI=1S/C24H27ClN2O3S/c1-15(2)29-19-11-7-17(8-12-19)23(28)30-22-21(16(3)26-27(22)24(4,5)6)31-20-13-9-18(25)10-14-20/h7-15H,1-6H3. The molecular formula is C24H27ClN2O3S. The molecule has 7 heteroatoms. The maximum Gasteiger partial charge on any atom is 0.344 e. The van der Waals surface area contributed by atoms with Crippen molar-refractivity contribution in [2.45, 2.75) is 63.0 Å². The van der Waals surface area contributed by atoms with Gasteiger partial charge >= 0.3 is 5.97 Å². The lowest BCUT2D eigenvalue weighted by molar-refractivity contribution is 0.0704. The predicted molar refractivity (Wildman–Crippen MR) is 125 cm³/mol. The van der Waals surface area contributed by atoms with Gasteiger partial charge in [0.15, 0.2) is 0 Å². The first-order valence-corrected chi connectivity index (χ1v) is 11.3. The van der Waals surface area contributed by atoms with Gasteiger partial charge in [-0.15, -0.1) is 0 Å². The van der Waals surface area contributed by atoms with E-state index >= 15 is 0 Å². The molecule has 31 heavy (non-hydrogen) atoms. The van der Waals surface area contributed by atoms with Crippen molar-refractivity contribution >= 4 is 29.3 Å². The molecule has 0 saturated carbocycles. The molecule has 2 aromatic carbocycles. The van der Waals surface area contributed by atoms with Gasteiger partial charge in [-0.2, -0.15) is 5.10 Å². The summed E-state index contributed by atoms with van der Waals surface area (Å²) in [6.45, 7) is 11.9. The van der Waals surface area contributed by atoms with Crippen LogP contribution in [0.15, 0.2) is 58.3 Å². The van der Waals surface area contributed by atoms with Crippen LogP contribution in [0.3, 0.4) is 0 Å². The van der Waals surface area contributed by atoms with E-state index in [0.29, 0.717) is 22.2 Å². The lowest BCUT2D eigenvalue weighted by Gasteiger charge is -2.22. The van der Waals surface area contributed by atoms with E-state index in [-0.39, 0.29) is 11.6 Å². The van der Waals surface area contributed by atoms with Crippen molar-refractivity contribution in [1.82, 2.24) is 9.78 Å².